The van der Waals surface area contributed by atoms with Gasteiger partial charge in [0.15, 0.2) is 0 Å². The van der Waals surface area contributed by atoms with Gasteiger partial charge in [-0.25, -0.2) is 9.97 Å². The number of hydrogen-bond donors (Lipinski definition) is 1. The molecule has 0 unspecified atom stereocenters. The Kier molecular flexibility index (Phi) is 4.12. The SMILES string of the molecule is Cc1cc(C)nc(N(C)Cc2ccc(CN)cc2)n1. The van der Waals surface area contributed by atoms with Crippen LogP contribution in [0.4, 0.5) is 5.95 Å². The topological polar surface area (TPSA) is 55.0 Å². The summed E-state index contributed by atoms with van der Waals surface area (Å²) in [5.41, 5.74) is 9.95. The number of aryl methyl sites for hydroxylation is 2. The molecule has 0 saturated carbocycles. The molecule has 4 nitrogen and oxygen atoms in total. The third-order valence-electron chi connectivity index (χ3n) is 2.99. The zero-order chi connectivity index (χ0) is 13.8. The van der Waals surface area contributed by atoms with E-state index in [1.807, 2.05) is 27.0 Å². The Balaban J connectivity index is 2.13. The number of hydrogen-bond acceptors (Lipinski definition) is 4. The Morgan fingerprint density at radius 3 is 2.05 bits per heavy atom. The lowest BCUT2D eigenvalue weighted by Crippen LogP contribution is -2.19. The van der Waals surface area contributed by atoms with E-state index < -0.39 is 0 Å². The van der Waals surface area contributed by atoms with Gasteiger partial charge < -0.3 is 10.6 Å². The summed E-state index contributed by atoms with van der Waals surface area (Å²) in [6.07, 6.45) is 0. The summed E-state index contributed by atoms with van der Waals surface area (Å²) < 4.78 is 0. The van der Waals surface area contributed by atoms with Crippen LogP contribution < -0.4 is 10.6 Å². The van der Waals surface area contributed by atoms with Gasteiger partial charge in [-0.3, -0.25) is 0 Å². The van der Waals surface area contributed by atoms with Gasteiger partial charge >= 0.3 is 0 Å². The second-order valence-electron chi connectivity index (χ2n) is 4.83. The van der Waals surface area contributed by atoms with Crippen LogP contribution in [-0.2, 0) is 13.1 Å². The quantitative estimate of drug-likeness (QED) is 0.911. The fourth-order valence-corrected chi connectivity index (χ4v) is 2.00. The molecule has 1 aromatic carbocycles. The molecule has 1 aromatic heterocycles. The smallest absolute Gasteiger partial charge is 0.225 e. The average molecular weight is 256 g/mol. The highest BCUT2D eigenvalue weighted by molar-refractivity contribution is 5.33. The summed E-state index contributed by atoms with van der Waals surface area (Å²) >= 11 is 0. The molecule has 19 heavy (non-hydrogen) atoms. The van der Waals surface area contributed by atoms with Gasteiger partial charge in [0, 0.05) is 31.5 Å². The standard InChI is InChI=1S/C15H20N4/c1-11-8-12(2)18-15(17-11)19(3)10-14-6-4-13(9-16)5-7-14/h4-8H,9-10,16H2,1-3H3. The van der Waals surface area contributed by atoms with Gasteiger partial charge in [-0.2, -0.15) is 0 Å². The molecular weight excluding hydrogens is 236 g/mol. The molecule has 100 valence electrons. The number of aromatic nitrogens is 2. The van der Waals surface area contributed by atoms with Gasteiger partial charge in [0.1, 0.15) is 0 Å². The summed E-state index contributed by atoms with van der Waals surface area (Å²) in [7, 11) is 2.01. The highest BCUT2D eigenvalue weighted by atomic mass is 15.2. The second kappa shape index (κ2) is 5.80. The van der Waals surface area contributed by atoms with Crippen molar-refractivity contribution in [3.05, 3.63) is 52.8 Å². The van der Waals surface area contributed by atoms with Crippen LogP contribution in [-0.4, -0.2) is 17.0 Å². The van der Waals surface area contributed by atoms with Crippen molar-refractivity contribution in [1.82, 2.24) is 9.97 Å². The molecule has 0 aliphatic heterocycles. The molecule has 0 saturated heterocycles. The van der Waals surface area contributed by atoms with Crippen molar-refractivity contribution < 1.29 is 0 Å². The third-order valence-corrected chi connectivity index (χ3v) is 2.99. The minimum atomic E-state index is 0.580. The second-order valence-corrected chi connectivity index (χ2v) is 4.83. The number of nitrogens with zero attached hydrogens (tertiary/aromatic N) is 3. The summed E-state index contributed by atoms with van der Waals surface area (Å²) in [6, 6.07) is 10.3. The van der Waals surface area contributed by atoms with Crippen LogP contribution in [0.25, 0.3) is 0 Å². The molecule has 2 N–H and O–H groups in total. The van der Waals surface area contributed by atoms with Crippen molar-refractivity contribution in [2.24, 2.45) is 5.73 Å². The van der Waals surface area contributed by atoms with Crippen molar-refractivity contribution in [1.29, 1.82) is 0 Å². The van der Waals surface area contributed by atoms with E-state index in [2.05, 4.69) is 39.1 Å². The van der Waals surface area contributed by atoms with Gasteiger partial charge in [0.25, 0.3) is 0 Å². The molecule has 0 spiro atoms. The normalized spacial score (nSPS) is 10.5. The number of nitrogens with two attached hydrogens (primary N) is 1. The Morgan fingerprint density at radius 2 is 1.53 bits per heavy atom. The van der Waals surface area contributed by atoms with Gasteiger partial charge in [0.05, 0.1) is 0 Å². The first kappa shape index (κ1) is 13.5. The monoisotopic (exact) mass is 256 g/mol. The van der Waals surface area contributed by atoms with Gasteiger partial charge in [-0.05, 0) is 31.0 Å². The van der Waals surface area contributed by atoms with Crippen LogP contribution in [0.2, 0.25) is 0 Å². The third kappa shape index (κ3) is 3.51. The lowest BCUT2D eigenvalue weighted by atomic mass is 10.1. The van der Waals surface area contributed by atoms with E-state index in [0.29, 0.717) is 6.54 Å². The molecule has 1 heterocycles. The van der Waals surface area contributed by atoms with E-state index in [1.165, 1.54) is 5.56 Å². The van der Waals surface area contributed by atoms with Crippen LogP contribution in [0.1, 0.15) is 22.5 Å². The summed E-state index contributed by atoms with van der Waals surface area (Å²) in [5, 5.41) is 0. The maximum absolute atomic E-state index is 5.60. The Labute approximate surface area is 114 Å². The Hall–Kier alpha value is -1.94. The van der Waals surface area contributed by atoms with Crippen LogP contribution >= 0.6 is 0 Å². The maximum atomic E-state index is 5.60. The van der Waals surface area contributed by atoms with Crippen molar-refractivity contribution >= 4 is 5.95 Å². The lowest BCUT2D eigenvalue weighted by Gasteiger charge is -2.18. The van der Waals surface area contributed by atoms with Crippen molar-refractivity contribution in [2.75, 3.05) is 11.9 Å². The molecule has 2 rings (SSSR count). The van der Waals surface area contributed by atoms with E-state index >= 15 is 0 Å². The molecular formula is C15H20N4. The molecule has 0 fully saturated rings. The zero-order valence-electron chi connectivity index (χ0n) is 11.7. The zero-order valence-corrected chi connectivity index (χ0v) is 11.7. The van der Waals surface area contributed by atoms with Crippen LogP contribution in [0.5, 0.6) is 0 Å². The first-order chi connectivity index (χ1) is 9.08. The molecule has 0 radical (unpaired) electrons. The van der Waals surface area contributed by atoms with Crippen LogP contribution in [0.15, 0.2) is 30.3 Å². The summed E-state index contributed by atoms with van der Waals surface area (Å²) in [5.74, 6) is 0.764. The Morgan fingerprint density at radius 1 is 1.00 bits per heavy atom. The molecule has 0 amide bonds. The first-order valence-electron chi connectivity index (χ1n) is 6.40. The average Bonchev–Trinajstić information content (AvgIpc) is 2.38. The number of rotatable bonds is 4. The van der Waals surface area contributed by atoms with E-state index in [-0.39, 0.29) is 0 Å². The van der Waals surface area contributed by atoms with Gasteiger partial charge in [-0.15, -0.1) is 0 Å². The molecule has 0 aliphatic rings. The van der Waals surface area contributed by atoms with Crippen LogP contribution in [0.3, 0.4) is 0 Å². The fraction of sp³-hybridized carbons (Fsp3) is 0.333. The van der Waals surface area contributed by atoms with E-state index in [1.54, 1.807) is 0 Å². The van der Waals surface area contributed by atoms with E-state index in [9.17, 15) is 0 Å². The first-order valence-corrected chi connectivity index (χ1v) is 6.40. The molecule has 0 atom stereocenters. The highest BCUT2D eigenvalue weighted by Crippen LogP contribution is 2.12. The van der Waals surface area contributed by atoms with E-state index in [0.717, 1.165) is 29.4 Å². The van der Waals surface area contributed by atoms with E-state index in [4.69, 9.17) is 5.73 Å². The maximum Gasteiger partial charge on any atom is 0.225 e. The fourth-order valence-electron chi connectivity index (χ4n) is 2.00. The van der Waals surface area contributed by atoms with Crippen molar-refractivity contribution in [3.63, 3.8) is 0 Å². The number of benzene rings is 1. The van der Waals surface area contributed by atoms with Gasteiger partial charge in [-0.1, -0.05) is 24.3 Å². The minimum absolute atomic E-state index is 0.580. The van der Waals surface area contributed by atoms with Gasteiger partial charge in [0.2, 0.25) is 5.95 Å². The minimum Gasteiger partial charge on any atom is -0.340 e. The molecule has 0 aliphatic carbocycles. The van der Waals surface area contributed by atoms with Crippen molar-refractivity contribution in [3.8, 4) is 0 Å². The largest absolute Gasteiger partial charge is 0.340 e. The predicted octanol–water partition coefficient (Wildman–Crippen LogP) is 2.19. The molecule has 4 heteroatoms. The highest BCUT2D eigenvalue weighted by Gasteiger charge is 2.06. The van der Waals surface area contributed by atoms with Crippen molar-refractivity contribution in [2.45, 2.75) is 26.9 Å². The molecule has 2 aromatic rings. The molecule has 0 bridgehead atoms. The summed E-state index contributed by atoms with van der Waals surface area (Å²) in [6.45, 7) is 5.34. The lowest BCUT2D eigenvalue weighted by molar-refractivity contribution is 0.851. The number of anilines is 1. The predicted molar refractivity (Wildman–Crippen MR) is 77.9 cm³/mol. The van der Waals surface area contributed by atoms with Crippen LogP contribution in [0, 0.1) is 13.8 Å². The summed E-state index contributed by atoms with van der Waals surface area (Å²) in [4.78, 5) is 11.0. The Bertz CT molecular complexity index is 528.